The van der Waals surface area contributed by atoms with Crippen LogP contribution >= 0.6 is 0 Å². The normalized spacial score (nSPS) is 16.4. The predicted octanol–water partition coefficient (Wildman–Crippen LogP) is 0.193. The number of fused-ring (bicyclic) bond motifs is 1. The van der Waals surface area contributed by atoms with Crippen molar-refractivity contribution in [2.45, 2.75) is 25.4 Å². The first kappa shape index (κ1) is 12.8. The molecule has 0 saturated carbocycles. The van der Waals surface area contributed by atoms with Gasteiger partial charge in [0.05, 0.1) is 19.3 Å². The van der Waals surface area contributed by atoms with Crippen LogP contribution in [-0.2, 0) is 24.3 Å². The molecular weight excluding hydrogens is 254 g/mol. The Morgan fingerprint density at radius 1 is 1.45 bits per heavy atom. The molecule has 104 valence electrons. The summed E-state index contributed by atoms with van der Waals surface area (Å²) in [6, 6.07) is 8.48. The molecule has 0 saturated heterocycles. The van der Waals surface area contributed by atoms with Crippen molar-refractivity contribution in [1.82, 2.24) is 20.3 Å². The summed E-state index contributed by atoms with van der Waals surface area (Å²) in [4.78, 5) is 11.1. The fourth-order valence-electron chi connectivity index (χ4n) is 2.52. The molecule has 1 atom stereocenters. The second-order valence-corrected chi connectivity index (χ2v) is 5.01. The van der Waals surface area contributed by atoms with Gasteiger partial charge in [-0.2, -0.15) is 0 Å². The molecule has 1 aliphatic carbocycles. The van der Waals surface area contributed by atoms with Gasteiger partial charge in [-0.15, -0.1) is 5.10 Å². The van der Waals surface area contributed by atoms with Gasteiger partial charge in [0.2, 0.25) is 5.91 Å². The highest BCUT2D eigenvalue weighted by Crippen LogP contribution is 2.35. The lowest BCUT2D eigenvalue weighted by Crippen LogP contribution is -2.29. The minimum Gasteiger partial charge on any atom is -0.349 e. The fourth-order valence-corrected chi connectivity index (χ4v) is 2.52. The average molecular weight is 271 g/mol. The Hall–Kier alpha value is -2.21. The van der Waals surface area contributed by atoms with Crippen LogP contribution in [0, 0.1) is 0 Å². The Labute approximate surface area is 117 Å². The minimum absolute atomic E-state index is 0.00695. The summed E-state index contributed by atoms with van der Waals surface area (Å²) in [5, 5.41) is 10.8. The van der Waals surface area contributed by atoms with E-state index in [1.807, 2.05) is 10.9 Å². The number of aromatic nitrogens is 3. The molecule has 3 rings (SSSR count). The van der Waals surface area contributed by atoms with Gasteiger partial charge in [-0.3, -0.25) is 9.48 Å². The number of nitrogens with two attached hydrogens (primary N) is 1. The van der Waals surface area contributed by atoms with Gasteiger partial charge in [0.25, 0.3) is 0 Å². The molecule has 1 aromatic carbocycles. The van der Waals surface area contributed by atoms with E-state index in [1.54, 1.807) is 0 Å². The lowest BCUT2D eigenvalue weighted by atomic mass is 9.78. The predicted molar refractivity (Wildman–Crippen MR) is 73.8 cm³/mol. The van der Waals surface area contributed by atoms with Crippen molar-refractivity contribution in [2.75, 3.05) is 6.54 Å². The highest BCUT2D eigenvalue weighted by Gasteiger charge is 2.25. The highest BCUT2D eigenvalue weighted by molar-refractivity contribution is 5.77. The maximum atomic E-state index is 11.1. The van der Waals surface area contributed by atoms with E-state index in [0.717, 1.165) is 18.7 Å². The Bertz CT molecular complexity index is 622. The molecule has 1 aliphatic rings. The Morgan fingerprint density at radius 3 is 3.10 bits per heavy atom. The first-order valence-corrected chi connectivity index (χ1v) is 6.70. The van der Waals surface area contributed by atoms with Gasteiger partial charge in [0.1, 0.15) is 5.69 Å². The molecule has 0 bridgehead atoms. The number of rotatable bonds is 5. The van der Waals surface area contributed by atoms with Crippen LogP contribution in [0.4, 0.5) is 0 Å². The van der Waals surface area contributed by atoms with Gasteiger partial charge >= 0.3 is 0 Å². The molecule has 0 aliphatic heterocycles. The lowest BCUT2D eigenvalue weighted by Gasteiger charge is -2.29. The van der Waals surface area contributed by atoms with Crippen molar-refractivity contribution in [1.29, 1.82) is 0 Å². The van der Waals surface area contributed by atoms with Crippen LogP contribution in [0.2, 0.25) is 0 Å². The van der Waals surface area contributed by atoms with Crippen molar-refractivity contribution in [2.24, 2.45) is 5.73 Å². The molecule has 2 aromatic rings. The van der Waals surface area contributed by atoms with Crippen LogP contribution < -0.4 is 11.1 Å². The molecule has 6 heteroatoms. The Balaban J connectivity index is 1.57. The average Bonchev–Trinajstić information content (AvgIpc) is 2.90. The standard InChI is InChI=1S/C14H17N5O/c15-6-14(20)16-7-12-9-19(18-17-12)8-11-5-10-3-1-2-4-13(10)11/h1-4,9,11H,5-8,15H2,(H,16,20). The number of carbonyl (C=O) groups excluding carboxylic acids is 1. The SMILES string of the molecule is NCC(=O)NCc1cn(CC2Cc3ccccc32)nn1. The molecule has 3 N–H and O–H groups in total. The zero-order valence-electron chi connectivity index (χ0n) is 11.1. The third-order valence-electron chi connectivity index (χ3n) is 3.61. The molecule has 1 aromatic heterocycles. The molecule has 1 amide bonds. The minimum atomic E-state index is -0.188. The number of nitrogens with zero attached hydrogens (tertiary/aromatic N) is 3. The first-order valence-electron chi connectivity index (χ1n) is 6.70. The van der Waals surface area contributed by atoms with E-state index in [0.29, 0.717) is 12.5 Å². The van der Waals surface area contributed by atoms with Crippen LogP contribution in [0.1, 0.15) is 22.7 Å². The largest absolute Gasteiger partial charge is 0.349 e. The van der Waals surface area contributed by atoms with Crippen molar-refractivity contribution < 1.29 is 4.79 Å². The van der Waals surface area contributed by atoms with Gasteiger partial charge in [-0.1, -0.05) is 29.5 Å². The van der Waals surface area contributed by atoms with Crippen LogP contribution in [0.15, 0.2) is 30.5 Å². The van der Waals surface area contributed by atoms with Gasteiger partial charge in [0, 0.05) is 12.5 Å². The third kappa shape index (κ3) is 2.55. The second kappa shape index (κ2) is 5.42. The second-order valence-electron chi connectivity index (χ2n) is 5.01. The smallest absolute Gasteiger partial charge is 0.234 e. The van der Waals surface area contributed by atoms with Crippen LogP contribution in [0.5, 0.6) is 0 Å². The molecule has 20 heavy (non-hydrogen) atoms. The van der Waals surface area contributed by atoms with Crippen LogP contribution in [-0.4, -0.2) is 27.4 Å². The number of hydrogen-bond acceptors (Lipinski definition) is 4. The van der Waals surface area contributed by atoms with E-state index in [2.05, 4.69) is 39.9 Å². The number of nitrogens with one attached hydrogen (secondary N) is 1. The van der Waals surface area contributed by atoms with E-state index < -0.39 is 0 Å². The zero-order valence-corrected chi connectivity index (χ0v) is 11.1. The zero-order chi connectivity index (χ0) is 13.9. The first-order chi connectivity index (χ1) is 9.76. The van der Waals surface area contributed by atoms with Crippen LogP contribution in [0.3, 0.4) is 0 Å². The maximum Gasteiger partial charge on any atom is 0.234 e. The fraction of sp³-hybridized carbons (Fsp3) is 0.357. The molecule has 0 spiro atoms. The molecule has 1 heterocycles. The summed E-state index contributed by atoms with van der Waals surface area (Å²) in [7, 11) is 0. The molecular formula is C14H17N5O. The summed E-state index contributed by atoms with van der Waals surface area (Å²) in [6.45, 7) is 1.19. The number of amides is 1. The summed E-state index contributed by atoms with van der Waals surface area (Å²) in [5.74, 6) is 0.326. The van der Waals surface area contributed by atoms with E-state index in [1.165, 1.54) is 11.1 Å². The van der Waals surface area contributed by atoms with E-state index >= 15 is 0 Å². The van der Waals surface area contributed by atoms with Gasteiger partial charge in [-0.25, -0.2) is 0 Å². The molecule has 1 unspecified atom stereocenters. The summed E-state index contributed by atoms with van der Waals surface area (Å²) < 4.78 is 1.84. The monoisotopic (exact) mass is 271 g/mol. The van der Waals surface area contributed by atoms with Gasteiger partial charge < -0.3 is 11.1 Å². The van der Waals surface area contributed by atoms with Gasteiger partial charge in [-0.05, 0) is 17.5 Å². The van der Waals surface area contributed by atoms with E-state index in [9.17, 15) is 4.79 Å². The van der Waals surface area contributed by atoms with Crippen LogP contribution in [0.25, 0.3) is 0 Å². The van der Waals surface area contributed by atoms with E-state index in [4.69, 9.17) is 5.73 Å². The van der Waals surface area contributed by atoms with Crippen molar-refractivity contribution >= 4 is 5.91 Å². The van der Waals surface area contributed by atoms with Crippen molar-refractivity contribution in [3.8, 4) is 0 Å². The molecule has 6 nitrogen and oxygen atoms in total. The lowest BCUT2D eigenvalue weighted by molar-refractivity contribution is -0.119. The van der Waals surface area contributed by atoms with Crippen molar-refractivity contribution in [3.05, 3.63) is 47.3 Å². The quantitative estimate of drug-likeness (QED) is 0.813. The highest BCUT2D eigenvalue weighted by atomic mass is 16.1. The van der Waals surface area contributed by atoms with E-state index in [-0.39, 0.29) is 12.5 Å². The molecule has 0 fully saturated rings. The maximum absolute atomic E-state index is 11.1. The molecule has 0 radical (unpaired) electrons. The number of hydrogen-bond donors (Lipinski definition) is 2. The topological polar surface area (TPSA) is 85.8 Å². The van der Waals surface area contributed by atoms with Gasteiger partial charge in [0.15, 0.2) is 0 Å². The third-order valence-corrected chi connectivity index (χ3v) is 3.61. The Kier molecular flexibility index (Phi) is 3.47. The summed E-state index contributed by atoms with van der Waals surface area (Å²) in [6.07, 6.45) is 2.97. The van der Waals surface area contributed by atoms with Crippen molar-refractivity contribution in [3.63, 3.8) is 0 Å². The summed E-state index contributed by atoms with van der Waals surface area (Å²) in [5.41, 5.74) is 8.80. The number of benzene rings is 1. The summed E-state index contributed by atoms with van der Waals surface area (Å²) >= 11 is 0. The Morgan fingerprint density at radius 2 is 2.30 bits per heavy atom. The number of carbonyl (C=O) groups is 1.